The number of hydrogen-bond donors (Lipinski definition) is 0. The summed E-state index contributed by atoms with van der Waals surface area (Å²) in [6, 6.07) is 39.6. The second kappa shape index (κ2) is 14.8. The van der Waals surface area contributed by atoms with Gasteiger partial charge in [-0.1, -0.05) is 121 Å². The van der Waals surface area contributed by atoms with E-state index in [-0.39, 0.29) is 13.2 Å². The minimum Gasteiger partial charge on any atom is -0.374 e. The van der Waals surface area contributed by atoms with Crippen molar-refractivity contribution in [2.24, 2.45) is 0 Å². The third-order valence-electron chi connectivity index (χ3n) is 7.11. The molecule has 41 heavy (non-hydrogen) atoms. The lowest BCUT2D eigenvalue weighted by atomic mass is 9.96. The molecule has 1 saturated heterocycles. The Hall–Kier alpha value is -3.65. The number of ether oxygens (including phenoxy) is 5. The normalized spacial score (nSPS) is 22.0. The van der Waals surface area contributed by atoms with Crippen LogP contribution in [0, 0.1) is 0 Å². The third kappa shape index (κ3) is 7.97. The molecule has 1 aliphatic rings. The maximum Gasteiger partial charge on any atom is 0.175 e. The summed E-state index contributed by atoms with van der Waals surface area (Å²) in [4.78, 5) is 12.9. The molecule has 1 fully saturated rings. The van der Waals surface area contributed by atoms with Gasteiger partial charge in [-0.05, 0) is 22.3 Å². The monoisotopic (exact) mass is 552 g/mol. The number of rotatable bonds is 15. The zero-order valence-electron chi connectivity index (χ0n) is 23.0. The Bertz CT molecular complexity index is 1300. The molecule has 0 aliphatic carbocycles. The molecule has 0 N–H and O–H groups in total. The number of aldehydes is 1. The van der Waals surface area contributed by atoms with E-state index < -0.39 is 23.9 Å². The van der Waals surface area contributed by atoms with E-state index in [1.807, 2.05) is 121 Å². The Morgan fingerprint density at radius 3 is 1.51 bits per heavy atom. The maximum absolute atomic E-state index is 12.9. The fraction of sp³-hybridized carbons (Fsp3) is 0.286. The number of benzene rings is 4. The van der Waals surface area contributed by atoms with Gasteiger partial charge in [0.25, 0.3) is 0 Å². The van der Waals surface area contributed by atoms with Crippen molar-refractivity contribution < 1.29 is 28.5 Å². The fourth-order valence-electron chi connectivity index (χ4n) is 4.99. The molecule has 6 heteroatoms. The molecule has 0 radical (unpaired) electrons. The number of carbonyl (C=O) groups is 1. The first kappa shape index (κ1) is 28.9. The van der Waals surface area contributed by atoms with Crippen molar-refractivity contribution in [1.29, 1.82) is 0 Å². The summed E-state index contributed by atoms with van der Waals surface area (Å²) in [5.74, 6) is 0. The second-order valence-corrected chi connectivity index (χ2v) is 10.2. The van der Waals surface area contributed by atoms with E-state index in [9.17, 15) is 4.79 Å². The van der Waals surface area contributed by atoms with E-state index >= 15 is 0 Å². The number of hydrogen-bond acceptors (Lipinski definition) is 6. The van der Waals surface area contributed by atoms with Gasteiger partial charge in [-0.25, -0.2) is 0 Å². The van der Waals surface area contributed by atoms with Crippen LogP contribution in [-0.2, 0) is 54.9 Å². The Morgan fingerprint density at radius 1 is 0.585 bits per heavy atom. The van der Waals surface area contributed by atoms with Crippen LogP contribution in [0.1, 0.15) is 22.3 Å². The first-order valence-electron chi connectivity index (χ1n) is 13.9. The predicted molar refractivity (Wildman–Crippen MR) is 156 cm³/mol. The van der Waals surface area contributed by atoms with Gasteiger partial charge in [-0.3, -0.25) is 4.79 Å². The van der Waals surface area contributed by atoms with E-state index in [0.29, 0.717) is 26.4 Å². The van der Waals surface area contributed by atoms with Gasteiger partial charge in [-0.2, -0.15) is 0 Å². The minimum absolute atomic E-state index is 0.0191. The highest BCUT2D eigenvalue weighted by Gasteiger charge is 2.57. The Morgan fingerprint density at radius 2 is 1.02 bits per heavy atom. The van der Waals surface area contributed by atoms with Crippen LogP contribution in [0.2, 0.25) is 0 Å². The van der Waals surface area contributed by atoms with Gasteiger partial charge in [0.05, 0.1) is 39.6 Å². The lowest BCUT2D eigenvalue weighted by Gasteiger charge is -2.30. The second-order valence-electron chi connectivity index (χ2n) is 10.2. The summed E-state index contributed by atoms with van der Waals surface area (Å²) in [7, 11) is 0. The Labute approximate surface area is 241 Å². The van der Waals surface area contributed by atoms with Gasteiger partial charge in [0.1, 0.15) is 18.3 Å². The molecule has 212 valence electrons. The molecule has 0 spiro atoms. The van der Waals surface area contributed by atoms with Gasteiger partial charge in [0, 0.05) is 0 Å². The molecule has 0 aromatic heterocycles. The van der Waals surface area contributed by atoms with Gasteiger partial charge < -0.3 is 23.7 Å². The molecule has 0 unspecified atom stereocenters. The van der Waals surface area contributed by atoms with Gasteiger partial charge in [0.15, 0.2) is 11.9 Å². The molecule has 5 rings (SSSR count). The average molecular weight is 553 g/mol. The molecule has 6 nitrogen and oxygen atoms in total. The molecule has 1 aliphatic heterocycles. The zero-order chi connectivity index (χ0) is 28.2. The molecule has 0 saturated carbocycles. The molecule has 1 heterocycles. The number of carbonyl (C=O) groups excluding carboxylic acids is 1. The maximum atomic E-state index is 12.9. The van der Waals surface area contributed by atoms with Crippen molar-refractivity contribution in [2.75, 3.05) is 13.2 Å². The van der Waals surface area contributed by atoms with Crippen LogP contribution in [0.25, 0.3) is 0 Å². The van der Waals surface area contributed by atoms with Crippen molar-refractivity contribution >= 4 is 6.29 Å². The summed E-state index contributed by atoms with van der Waals surface area (Å²) >= 11 is 0. The van der Waals surface area contributed by atoms with Crippen molar-refractivity contribution in [1.82, 2.24) is 0 Å². The Kier molecular flexibility index (Phi) is 10.4. The summed E-state index contributed by atoms with van der Waals surface area (Å²) < 4.78 is 31.6. The standard InChI is InChI=1S/C35H36O6/c36-26-35(27-38-22-29-15-7-2-8-16-29)34(40-24-31-19-11-4-12-20-31)33(39-23-30-17-9-3-10-18-30)32(41-35)25-37-21-28-13-5-1-6-14-28/h1-20,26,32-34H,21-25,27H2/t32-,33-,34+,35+/m1/s1. The smallest absolute Gasteiger partial charge is 0.175 e. The van der Waals surface area contributed by atoms with Gasteiger partial charge in [-0.15, -0.1) is 0 Å². The molecule has 0 amide bonds. The fourth-order valence-corrected chi connectivity index (χ4v) is 4.99. The molecule has 4 aromatic carbocycles. The van der Waals surface area contributed by atoms with Crippen LogP contribution in [0.15, 0.2) is 121 Å². The van der Waals surface area contributed by atoms with Crippen molar-refractivity contribution in [2.45, 2.75) is 50.3 Å². The van der Waals surface area contributed by atoms with Crippen molar-refractivity contribution in [3.05, 3.63) is 144 Å². The SMILES string of the molecule is O=C[C@@]1(COCc2ccccc2)O[C@H](COCc2ccccc2)[C@@H](OCc2ccccc2)[C@@H]1OCc1ccccc1. The highest BCUT2D eigenvalue weighted by Crippen LogP contribution is 2.36. The minimum atomic E-state index is -1.37. The third-order valence-corrected chi connectivity index (χ3v) is 7.11. The molecular weight excluding hydrogens is 516 g/mol. The van der Waals surface area contributed by atoms with Crippen LogP contribution in [0.4, 0.5) is 0 Å². The first-order valence-corrected chi connectivity index (χ1v) is 13.9. The molecule has 0 bridgehead atoms. The van der Waals surface area contributed by atoms with Crippen LogP contribution < -0.4 is 0 Å². The topological polar surface area (TPSA) is 63.2 Å². The lowest BCUT2D eigenvalue weighted by Crippen LogP contribution is -2.50. The van der Waals surface area contributed by atoms with Gasteiger partial charge >= 0.3 is 0 Å². The lowest BCUT2D eigenvalue weighted by molar-refractivity contribution is -0.163. The zero-order valence-corrected chi connectivity index (χ0v) is 23.0. The van der Waals surface area contributed by atoms with E-state index in [2.05, 4.69) is 0 Å². The van der Waals surface area contributed by atoms with Crippen molar-refractivity contribution in [3.8, 4) is 0 Å². The summed E-state index contributed by atoms with van der Waals surface area (Å²) in [5.41, 5.74) is 2.70. The van der Waals surface area contributed by atoms with Crippen LogP contribution in [-0.4, -0.2) is 43.4 Å². The molecule has 4 atom stereocenters. The predicted octanol–water partition coefficient (Wildman–Crippen LogP) is 5.93. The molecule has 4 aromatic rings. The van der Waals surface area contributed by atoms with E-state index in [4.69, 9.17) is 23.7 Å². The van der Waals surface area contributed by atoms with Gasteiger partial charge in [0.2, 0.25) is 0 Å². The van der Waals surface area contributed by atoms with Crippen molar-refractivity contribution in [3.63, 3.8) is 0 Å². The quantitative estimate of drug-likeness (QED) is 0.171. The van der Waals surface area contributed by atoms with E-state index in [1.54, 1.807) is 0 Å². The highest BCUT2D eigenvalue weighted by atomic mass is 16.6. The molecular formula is C35H36O6. The van der Waals surface area contributed by atoms with Crippen LogP contribution >= 0.6 is 0 Å². The summed E-state index contributed by atoms with van der Waals surface area (Å²) in [5, 5.41) is 0. The van der Waals surface area contributed by atoms with E-state index in [1.165, 1.54) is 0 Å². The first-order chi connectivity index (χ1) is 20.3. The summed E-state index contributed by atoms with van der Waals surface area (Å²) in [6.45, 7) is 1.65. The largest absolute Gasteiger partial charge is 0.374 e. The van der Waals surface area contributed by atoms with E-state index in [0.717, 1.165) is 28.5 Å². The summed E-state index contributed by atoms with van der Waals surface area (Å²) in [6.07, 6.45) is -1.03. The van der Waals surface area contributed by atoms with Crippen LogP contribution in [0.5, 0.6) is 0 Å². The Balaban J connectivity index is 1.37. The highest BCUT2D eigenvalue weighted by molar-refractivity contribution is 5.65. The van der Waals surface area contributed by atoms with Crippen LogP contribution in [0.3, 0.4) is 0 Å². The average Bonchev–Trinajstić information content (AvgIpc) is 3.33.